The lowest BCUT2D eigenvalue weighted by atomic mass is 10.5. The first kappa shape index (κ1) is 6.24. The maximum atomic E-state index is 9.92. The lowest BCUT2D eigenvalue weighted by Gasteiger charge is -1.70. The number of rotatable bonds is 2. The van der Waals surface area contributed by atoms with Gasteiger partial charge < -0.3 is 0 Å². The van der Waals surface area contributed by atoms with Gasteiger partial charge in [-0.3, -0.25) is 4.79 Å². The van der Waals surface area contributed by atoms with Crippen LogP contribution in [0.4, 0.5) is 0 Å². The Morgan fingerprint density at radius 2 is 2.50 bits per heavy atom. The molecule has 0 bridgehead atoms. The van der Waals surface area contributed by atoms with Crippen LogP contribution in [0.2, 0.25) is 0 Å². The lowest BCUT2D eigenvalue weighted by Crippen LogP contribution is -1.95. The van der Waals surface area contributed by atoms with E-state index in [0.717, 1.165) is 0 Å². The van der Waals surface area contributed by atoms with E-state index in [4.69, 9.17) is 0 Å². The van der Waals surface area contributed by atoms with Gasteiger partial charge in [-0.15, -0.1) is 0 Å². The standard InChI is InChI=1S/C3H2BrOS/c4-1-3(5)2-6/h1H2. The zero-order valence-corrected chi connectivity index (χ0v) is 5.30. The van der Waals surface area contributed by atoms with Crippen molar-refractivity contribution in [2.75, 3.05) is 5.33 Å². The second-order valence-electron chi connectivity index (χ2n) is 0.659. The van der Waals surface area contributed by atoms with E-state index in [2.05, 4.69) is 28.1 Å². The zero-order valence-electron chi connectivity index (χ0n) is 2.90. The summed E-state index contributed by atoms with van der Waals surface area (Å²) < 4.78 is 0. The van der Waals surface area contributed by atoms with Crippen molar-refractivity contribution in [1.82, 2.24) is 0 Å². The normalized spacial score (nSPS) is 7.50. The molecule has 1 nitrogen and oxygen atoms in total. The molecular weight excluding hydrogens is 164 g/mol. The summed E-state index contributed by atoms with van der Waals surface area (Å²) in [6.07, 6.45) is 0. The minimum absolute atomic E-state index is 0.176. The number of hydrogen-bond acceptors (Lipinski definition) is 2. The summed E-state index contributed by atoms with van der Waals surface area (Å²) in [6.45, 7) is 0. The third-order valence-electron chi connectivity index (χ3n) is 0.235. The minimum atomic E-state index is -0.176. The Kier molecular flexibility index (Phi) is 3.57. The largest absolute Gasteiger partial charge is 0.292 e. The van der Waals surface area contributed by atoms with Crippen molar-refractivity contribution in [3.63, 3.8) is 0 Å². The van der Waals surface area contributed by atoms with Crippen LogP contribution in [0.5, 0.6) is 0 Å². The molecule has 0 fully saturated rings. The van der Waals surface area contributed by atoms with Crippen LogP contribution in [0.1, 0.15) is 0 Å². The molecule has 0 atom stereocenters. The molecule has 0 aromatic rings. The van der Waals surface area contributed by atoms with Crippen molar-refractivity contribution < 1.29 is 4.79 Å². The molecule has 0 aromatic heterocycles. The van der Waals surface area contributed by atoms with Crippen LogP contribution in [-0.4, -0.2) is 16.5 Å². The Balaban J connectivity index is 3.23. The summed E-state index contributed by atoms with van der Waals surface area (Å²) in [6, 6.07) is 0. The number of thiocarbonyl (C=S) groups is 1. The van der Waals surface area contributed by atoms with E-state index in [9.17, 15) is 4.79 Å². The second kappa shape index (κ2) is 3.43. The molecule has 1 radical (unpaired) electrons. The third-order valence-corrected chi connectivity index (χ3v) is 0.972. The Bertz CT molecular complexity index is 71.2. The maximum absolute atomic E-state index is 9.92. The molecule has 0 aliphatic rings. The van der Waals surface area contributed by atoms with E-state index in [0.29, 0.717) is 0 Å². The van der Waals surface area contributed by atoms with E-state index < -0.39 is 0 Å². The molecule has 0 saturated heterocycles. The summed E-state index contributed by atoms with van der Waals surface area (Å²) in [7, 11) is 0. The van der Waals surface area contributed by atoms with Crippen molar-refractivity contribution in [2.45, 2.75) is 0 Å². The summed E-state index contributed by atoms with van der Waals surface area (Å²) in [4.78, 5) is 9.92. The monoisotopic (exact) mass is 165 g/mol. The fourth-order valence-electron chi connectivity index (χ4n) is 0.0273. The van der Waals surface area contributed by atoms with Crippen LogP contribution in [0.25, 0.3) is 0 Å². The average Bonchev–Trinajstić information content (AvgIpc) is 1.65. The number of carbonyl (C=O) groups is 1. The number of hydrogen-bond donors (Lipinski definition) is 0. The number of halogens is 1. The number of alkyl halides is 1. The summed E-state index contributed by atoms with van der Waals surface area (Å²) in [5, 5.41) is 2.30. The van der Waals surface area contributed by atoms with Crippen molar-refractivity contribution in [3.05, 3.63) is 0 Å². The highest BCUT2D eigenvalue weighted by Gasteiger charge is 1.87. The predicted molar refractivity (Wildman–Crippen MR) is 31.4 cm³/mol. The van der Waals surface area contributed by atoms with Gasteiger partial charge in [0, 0.05) is 0 Å². The van der Waals surface area contributed by atoms with Crippen LogP contribution in [-0.2, 0) is 4.79 Å². The molecule has 0 heterocycles. The fourth-order valence-corrected chi connectivity index (χ4v) is 0.425. The first-order valence-electron chi connectivity index (χ1n) is 1.28. The van der Waals surface area contributed by atoms with Crippen LogP contribution in [0.15, 0.2) is 0 Å². The quantitative estimate of drug-likeness (QED) is 0.446. The van der Waals surface area contributed by atoms with E-state index in [1.165, 1.54) is 0 Å². The van der Waals surface area contributed by atoms with Crippen LogP contribution in [0.3, 0.4) is 0 Å². The second-order valence-corrected chi connectivity index (χ2v) is 1.42. The number of carbonyl (C=O) groups excluding carboxylic acids is 1. The molecule has 0 aliphatic heterocycles. The zero-order chi connectivity index (χ0) is 4.99. The molecule has 0 aromatic carbocycles. The van der Waals surface area contributed by atoms with Crippen molar-refractivity contribution in [1.29, 1.82) is 0 Å². The molecule has 0 amide bonds. The van der Waals surface area contributed by atoms with Gasteiger partial charge in [0.25, 0.3) is 0 Å². The van der Waals surface area contributed by atoms with Crippen molar-refractivity contribution >= 4 is 39.3 Å². The molecule has 0 rings (SSSR count). The summed E-state index contributed by atoms with van der Waals surface area (Å²) in [5.41, 5.74) is 0. The molecule has 0 N–H and O–H groups in total. The van der Waals surface area contributed by atoms with Gasteiger partial charge in [0.2, 0.25) is 0 Å². The molecule has 0 spiro atoms. The summed E-state index contributed by atoms with van der Waals surface area (Å²) in [5.74, 6) is -0.176. The number of ketones is 1. The van der Waals surface area contributed by atoms with Crippen LogP contribution >= 0.6 is 28.1 Å². The SMILES string of the molecule is O=C([C]=S)CBr. The van der Waals surface area contributed by atoms with Gasteiger partial charge in [-0.2, -0.15) is 0 Å². The van der Waals surface area contributed by atoms with E-state index in [1.54, 1.807) is 0 Å². The molecule has 0 unspecified atom stereocenters. The molecule has 0 saturated carbocycles. The van der Waals surface area contributed by atoms with Gasteiger partial charge in [0.1, 0.15) is 5.37 Å². The number of Topliss-reactive ketones (excluding diaryl/α,β-unsaturated/α-hetero) is 1. The highest BCUT2D eigenvalue weighted by atomic mass is 79.9. The van der Waals surface area contributed by atoms with Gasteiger partial charge >= 0.3 is 0 Å². The molecule has 6 heavy (non-hydrogen) atoms. The van der Waals surface area contributed by atoms with Crippen molar-refractivity contribution in [3.8, 4) is 0 Å². The van der Waals surface area contributed by atoms with E-state index >= 15 is 0 Å². The minimum Gasteiger partial charge on any atom is -0.292 e. The first-order valence-corrected chi connectivity index (χ1v) is 2.81. The third kappa shape index (κ3) is 2.48. The van der Waals surface area contributed by atoms with E-state index in [-0.39, 0.29) is 11.1 Å². The Morgan fingerprint density at radius 3 is 2.50 bits per heavy atom. The first-order chi connectivity index (χ1) is 2.81. The maximum Gasteiger partial charge on any atom is 0.185 e. The summed E-state index contributed by atoms with van der Waals surface area (Å²) >= 11 is 7.04. The lowest BCUT2D eigenvalue weighted by molar-refractivity contribution is -0.110. The highest BCUT2D eigenvalue weighted by molar-refractivity contribution is 9.09. The Hall–Kier alpha value is 0.240. The van der Waals surface area contributed by atoms with Gasteiger partial charge in [0.15, 0.2) is 5.78 Å². The van der Waals surface area contributed by atoms with Crippen LogP contribution in [0, 0.1) is 0 Å². The Labute approximate surface area is 49.9 Å². The topological polar surface area (TPSA) is 17.1 Å². The average molecular weight is 166 g/mol. The highest BCUT2D eigenvalue weighted by Crippen LogP contribution is 1.76. The van der Waals surface area contributed by atoms with Gasteiger partial charge in [-0.1, -0.05) is 28.1 Å². The van der Waals surface area contributed by atoms with Gasteiger partial charge in [-0.25, -0.2) is 0 Å². The molecule has 33 valence electrons. The fraction of sp³-hybridized carbons (Fsp3) is 0.333. The van der Waals surface area contributed by atoms with Gasteiger partial charge in [-0.05, 0) is 0 Å². The van der Waals surface area contributed by atoms with Crippen molar-refractivity contribution in [2.24, 2.45) is 0 Å². The van der Waals surface area contributed by atoms with Crippen LogP contribution < -0.4 is 0 Å². The molecule has 0 aliphatic carbocycles. The van der Waals surface area contributed by atoms with E-state index in [1.807, 2.05) is 5.37 Å². The molecule has 3 heteroatoms. The smallest absolute Gasteiger partial charge is 0.185 e. The molecular formula is C3H2BrOS. The predicted octanol–water partition coefficient (Wildman–Crippen LogP) is 0.827. The van der Waals surface area contributed by atoms with Gasteiger partial charge in [0.05, 0.1) is 5.33 Å². The Morgan fingerprint density at radius 1 is 2.00 bits per heavy atom.